The molecule has 2 aliphatic heterocycles. The van der Waals surface area contributed by atoms with Gasteiger partial charge in [-0.15, -0.1) is 0 Å². The third kappa shape index (κ3) is 4.95. The largest absolute Gasteiger partial charge is 0.485 e. The van der Waals surface area contributed by atoms with Gasteiger partial charge in [-0.05, 0) is 45.2 Å². The summed E-state index contributed by atoms with van der Waals surface area (Å²) in [6, 6.07) is 4.38. The fourth-order valence-electron chi connectivity index (χ4n) is 4.56. The van der Waals surface area contributed by atoms with E-state index < -0.39 is 0 Å². The molecule has 1 aromatic rings. The van der Waals surface area contributed by atoms with Gasteiger partial charge < -0.3 is 19.4 Å². The predicted octanol–water partition coefficient (Wildman–Crippen LogP) is 2.31. The van der Waals surface area contributed by atoms with Crippen LogP contribution >= 0.6 is 0 Å². The number of aromatic nitrogens is 1. The first-order valence-corrected chi connectivity index (χ1v) is 11.8. The molecule has 170 valence electrons. The molecule has 3 heterocycles. The van der Waals surface area contributed by atoms with Gasteiger partial charge in [-0.2, -0.15) is 0 Å². The lowest BCUT2D eigenvalue weighted by Gasteiger charge is -2.41. The number of pyridine rings is 1. The Morgan fingerprint density at radius 1 is 1.03 bits per heavy atom. The van der Waals surface area contributed by atoms with Gasteiger partial charge in [-0.3, -0.25) is 9.69 Å². The summed E-state index contributed by atoms with van der Waals surface area (Å²) in [5, 5.41) is 0. The molecule has 1 aromatic heterocycles. The molecule has 1 aliphatic carbocycles. The highest BCUT2D eigenvalue weighted by atomic mass is 16.5. The molecule has 3 amide bonds. The number of likely N-dealkylation sites (tertiary alicyclic amines) is 1. The van der Waals surface area contributed by atoms with E-state index in [0.29, 0.717) is 37.6 Å². The van der Waals surface area contributed by atoms with Crippen molar-refractivity contribution in [1.29, 1.82) is 0 Å². The van der Waals surface area contributed by atoms with Gasteiger partial charge in [-0.25, -0.2) is 9.78 Å². The molecule has 8 heteroatoms. The normalized spacial score (nSPS) is 20.6. The zero-order valence-electron chi connectivity index (χ0n) is 18.8. The number of rotatable bonds is 6. The second-order valence-corrected chi connectivity index (χ2v) is 8.75. The number of carbonyl (C=O) groups excluding carboxylic acids is 2. The molecule has 1 saturated carbocycles. The lowest BCUT2D eigenvalue weighted by molar-refractivity contribution is 0.0306. The van der Waals surface area contributed by atoms with Gasteiger partial charge in [0.1, 0.15) is 17.5 Å². The number of carbonyl (C=O) groups is 2. The molecule has 0 aromatic carbocycles. The van der Waals surface area contributed by atoms with Crippen LogP contribution in [-0.4, -0.2) is 101 Å². The fraction of sp³-hybridized carbons (Fsp3) is 0.696. The monoisotopic (exact) mass is 429 g/mol. The van der Waals surface area contributed by atoms with Crippen LogP contribution < -0.4 is 4.74 Å². The Morgan fingerprint density at radius 2 is 1.81 bits per heavy atom. The van der Waals surface area contributed by atoms with Crippen LogP contribution in [0, 0.1) is 0 Å². The van der Waals surface area contributed by atoms with Gasteiger partial charge in [0.2, 0.25) is 0 Å². The molecular formula is C23H35N5O3. The highest BCUT2D eigenvalue weighted by Crippen LogP contribution is 2.26. The first kappa shape index (κ1) is 21.9. The lowest BCUT2D eigenvalue weighted by Crippen LogP contribution is -2.60. The van der Waals surface area contributed by atoms with Gasteiger partial charge in [0.15, 0.2) is 0 Å². The van der Waals surface area contributed by atoms with Gasteiger partial charge in [-0.1, -0.05) is 6.42 Å². The molecule has 3 fully saturated rings. The topological polar surface area (TPSA) is 69.2 Å². The van der Waals surface area contributed by atoms with E-state index in [2.05, 4.69) is 9.88 Å². The summed E-state index contributed by atoms with van der Waals surface area (Å²) < 4.78 is 5.95. The van der Waals surface area contributed by atoms with Crippen molar-refractivity contribution in [2.24, 2.45) is 0 Å². The minimum Gasteiger partial charge on any atom is -0.485 e. The van der Waals surface area contributed by atoms with Gasteiger partial charge in [0, 0.05) is 45.3 Å². The van der Waals surface area contributed by atoms with Crippen molar-refractivity contribution in [2.45, 2.75) is 51.7 Å². The maximum absolute atomic E-state index is 12.9. The third-order valence-electron chi connectivity index (χ3n) is 6.82. The molecule has 8 nitrogen and oxygen atoms in total. The summed E-state index contributed by atoms with van der Waals surface area (Å²) in [5.41, 5.74) is 0.429. The summed E-state index contributed by atoms with van der Waals surface area (Å²) >= 11 is 0. The van der Waals surface area contributed by atoms with Crippen LogP contribution in [0.5, 0.6) is 5.75 Å². The van der Waals surface area contributed by atoms with E-state index in [-0.39, 0.29) is 18.0 Å². The molecular weight excluding hydrogens is 394 g/mol. The molecule has 3 aliphatic rings. The number of ether oxygens (including phenoxy) is 1. The van der Waals surface area contributed by atoms with Crippen LogP contribution in [0.15, 0.2) is 18.3 Å². The number of nitrogens with zero attached hydrogens (tertiary/aromatic N) is 5. The number of hydrogen-bond acceptors (Lipinski definition) is 5. The van der Waals surface area contributed by atoms with E-state index in [1.54, 1.807) is 23.2 Å². The SMILES string of the molecule is CCN(CC)C(=O)c1ccc(OC2CN(C(=O)N3CCCN(C4CCC4)CC3)C2)cn1. The van der Waals surface area contributed by atoms with Gasteiger partial charge in [0.05, 0.1) is 19.3 Å². The molecule has 0 radical (unpaired) electrons. The summed E-state index contributed by atoms with van der Waals surface area (Å²) in [6.45, 7) is 10.2. The van der Waals surface area contributed by atoms with E-state index in [1.165, 1.54) is 19.3 Å². The lowest BCUT2D eigenvalue weighted by atomic mass is 9.91. The van der Waals surface area contributed by atoms with Gasteiger partial charge >= 0.3 is 6.03 Å². The average molecular weight is 430 g/mol. The van der Waals surface area contributed by atoms with E-state index >= 15 is 0 Å². The van der Waals surface area contributed by atoms with E-state index in [9.17, 15) is 9.59 Å². The summed E-state index contributed by atoms with van der Waals surface area (Å²) in [6.07, 6.45) is 6.62. The van der Waals surface area contributed by atoms with Crippen molar-refractivity contribution < 1.29 is 14.3 Å². The Bertz CT molecular complexity index is 757. The van der Waals surface area contributed by atoms with Crippen molar-refractivity contribution in [3.8, 4) is 5.75 Å². The quantitative estimate of drug-likeness (QED) is 0.694. The molecule has 0 bridgehead atoms. The van der Waals surface area contributed by atoms with Gasteiger partial charge in [0.25, 0.3) is 5.91 Å². The zero-order chi connectivity index (χ0) is 21.8. The van der Waals surface area contributed by atoms with E-state index in [1.807, 2.05) is 23.6 Å². The smallest absolute Gasteiger partial charge is 0.320 e. The Balaban J connectivity index is 1.22. The standard InChI is InChI=1S/C23H35N5O3/c1-3-25(4-2)22(29)21-10-9-19(15-24-21)31-20-16-28(17-20)23(30)27-12-6-11-26(13-14-27)18-7-5-8-18/h9-10,15,18,20H,3-8,11-14,16-17H2,1-2H3. The minimum atomic E-state index is -0.0645. The average Bonchev–Trinajstić information content (AvgIpc) is 2.96. The molecule has 0 unspecified atom stereocenters. The Morgan fingerprint density at radius 3 is 2.42 bits per heavy atom. The molecule has 31 heavy (non-hydrogen) atoms. The molecule has 0 spiro atoms. The first-order valence-electron chi connectivity index (χ1n) is 11.8. The Hall–Kier alpha value is -2.35. The number of amides is 3. The van der Waals surface area contributed by atoms with Crippen molar-refractivity contribution in [3.63, 3.8) is 0 Å². The molecule has 2 saturated heterocycles. The number of urea groups is 1. The Labute approximate surface area is 185 Å². The van der Waals surface area contributed by atoms with E-state index in [0.717, 1.165) is 38.6 Å². The van der Waals surface area contributed by atoms with Crippen LogP contribution in [0.1, 0.15) is 50.0 Å². The highest BCUT2D eigenvalue weighted by molar-refractivity contribution is 5.92. The third-order valence-corrected chi connectivity index (χ3v) is 6.82. The summed E-state index contributed by atoms with van der Waals surface area (Å²) in [7, 11) is 0. The van der Waals surface area contributed by atoms with Crippen LogP contribution in [0.4, 0.5) is 4.79 Å². The van der Waals surface area contributed by atoms with Crippen molar-refractivity contribution in [1.82, 2.24) is 24.6 Å². The second kappa shape index (κ2) is 9.85. The first-order chi connectivity index (χ1) is 15.1. The molecule has 4 rings (SSSR count). The van der Waals surface area contributed by atoms with Crippen molar-refractivity contribution in [3.05, 3.63) is 24.0 Å². The number of hydrogen-bond donors (Lipinski definition) is 0. The maximum atomic E-state index is 12.9. The van der Waals surface area contributed by atoms with E-state index in [4.69, 9.17) is 4.74 Å². The fourth-order valence-corrected chi connectivity index (χ4v) is 4.56. The summed E-state index contributed by atoms with van der Waals surface area (Å²) in [4.78, 5) is 37.7. The predicted molar refractivity (Wildman–Crippen MR) is 118 cm³/mol. The maximum Gasteiger partial charge on any atom is 0.320 e. The molecule has 0 atom stereocenters. The Kier molecular flexibility index (Phi) is 6.95. The summed E-state index contributed by atoms with van der Waals surface area (Å²) in [5.74, 6) is 0.574. The highest BCUT2D eigenvalue weighted by Gasteiger charge is 2.36. The van der Waals surface area contributed by atoms with Crippen LogP contribution in [0.3, 0.4) is 0 Å². The minimum absolute atomic E-state index is 0.0199. The van der Waals surface area contributed by atoms with Crippen LogP contribution in [0.25, 0.3) is 0 Å². The van der Waals surface area contributed by atoms with Crippen LogP contribution in [0.2, 0.25) is 0 Å². The van der Waals surface area contributed by atoms with Crippen LogP contribution in [-0.2, 0) is 0 Å². The zero-order valence-corrected chi connectivity index (χ0v) is 18.8. The molecule has 0 N–H and O–H groups in total. The second-order valence-electron chi connectivity index (χ2n) is 8.75. The van der Waals surface area contributed by atoms with Crippen molar-refractivity contribution >= 4 is 11.9 Å². The van der Waals surface area contributed by atoms with Crippen molar-refractivity contribution in [2.75, 3.05) is 52.4 Å².